The summed E-state index contributed by atoms with van der Waals surface area (Å²) >= 11 is 13.5. The number of rotatable bonds is 11. The summed E-state index contributed by atoms with van der Waals surface area (Å²) in [5.74, 6) is 0.492. The average molecular weight is 583 g/mol. The highest BCUT2D eigenvalue weighted by Crippen LogP contribution is 2.27. The number of carbonyl (C=O) groups excluding carboxylic acids is 2. The first-order chi connectivity index (χ1) is 18.7. The summed E-state index contributed by atoms with van der Waals surface area (Å²) in [4.78, 5) is 25.9. The minimum atomic E-state index is -0.433. The number of fused-ring (bicyclic) bond motifs is 1. The van der Waals surface area contributed by atoms with Crippen LogP contribution < -0.4 is 10.6 Å². The van der Waals surface area contributed by atoms with Gasteiger partial charge < -0.3 is 15.2 Å². The maximum Gasteiger partial charge on any atom is 0.253 e. The molecule has 2 N–H and O–H groups in total. The number of allylic oxidation sites excluding steroid dienone is 1. The lowest BCUT2D eigenvalue weighted by atomic mass is 10.0. The number of halogens is 2. The van der Waals surface area contributed by atoms with E-state index in [-0.39, 0.29) is 28.5 Å². The SMILES string of the molecule is C=CCn1c(SCC(=O)Nc2ccc3ccccc3c2)nnc1[C@@H](CC(C)C)NC(=O)c1ccc(Cl)cc1Cl. The minimum Gasteiger partial charge on any atom is -0.342 e. The molecule has 0 radical (unpaired) electrons. The number of anilines is 1. The van der Waals surface area contributed by atoms with Crippen LogP contribution in [0, 0.1) is 5.92 Å². The molecule has 0 fully saturated rings. The summed E-state index contributed by atoms with van der Waals surface area (Å²) in [5, 5.41) is 18.2. The van der Waals surface area contributed by atoms with Gasteiger partial charge in [0.2, 0.25) is 5.91 Å². The van der Waals surface area contributed by atoms with Gasteiger partial charge in [-0.3, -0.25) is 9.59 Å². The Balaban J connectivity index is 1.49. The van der Waals surface area contributed by atoms with Gasteiger partial charge in [-0.15, -0.1) is 16.8 Å². The van der Waals surface area contributed by atoms with Crippen LogP contribution >= 0.6 is 35.0 Å². The number of amides is 2. The van der Waals surface area contributed by atoms with Gasteiger partial charge in [0.25, 0.3) is 5.91 Å². The minimum absolute atomic E-state index is 0.143. The number of hydrogen-bond acceptors (Lipinski definition) is 5. The molecule has 0 saturated heterocycles. The molecule has 0 unspecified atom stereocenters. The van der Waals surface area contributed by atoms with E-state index in [0.717, 1.165) is 16.5 Å². The first kappa shape index (κ1) is 28.7. The average Bonchev–Trinajstić information content (AvgIpc) is 3.29. The summed E-state index contributed by atoms with van der Waals surface area (Å²) in [6.45, 7) is 8.41. The molecular formula is C29H29Cl2N5O2S. The van der Waals surface area contributed by atoms with Gasteiger partial charge in [0.15, 0.2) is 11.0 Å². The standard InChI is InChI=1S/C29H29Cl2N5O2S/c1-4-13-36-27(25(14-18(2)3)33-28(38)23-12-10-21(30)16-24(23)31)34-35-29(36)39-17-26(37)32-22-11-9-19-7-5-6-8-20(19)15-22/h4-12,15-16,18,25H,1,13-14,17H2,2-3H3,(H,32,37)(H,33,38)/t25-/m1/s1. The molecule has 1 atom stereocenters. The Morgan fingerprint density at radius 3 is 2.54 bits per heavy atom. The Kier molecular flexibility index (Phi) is 9.67. The van der Waals surface area contributed by atoms with Gasteiger partial charge in [-0.1, -0.05) is 85.2 Å². The summed E-state index contributed by atoms with van der Waals surface area (Å²) in [5.41, 5.74) is 1.05. The first-order valence-corrected chi connectivity index (χ1v) is 14.2. The van der Waals surface area contributed by atoms with E-state index in [1.54, 1.807) is 18.2 Å². The van der Waals surface area contributed by atoms with Crippen molar-refractivity contribution < 1.29 is 9.59 Å². The summed E-state index contributed by atoms with van der Waals surface area (Å²) in [6.07, 6.45) is 2.36. The molecule has 202 valence electrons. The molecule has 4 aromatic rings. The number of hydrogen-bond donors (Lipinski definition) is 2. The Morgan fingerprint density at radius 1 is 1.05 bits per heavy atom. The number of benzene rings is 3. The highest BCUT2D eigenvalue weighted by atomic mass is 35.5. The van der Waals surface area contributed by atoms with Crippen LogP contribution in [0.2, 0.25) is 10.0 Å². The second-order valence-electron chi connectivity index (χ2n) is 9.42. The van der Waals surface area contributed by atoms with Crippen LogP contribution in [0.1, 0.15) is 42.5 Å². The first-order valence-electron chi connectivity index (χ1n) is 12.5. The molecule has 1 heterocycles. The molecule has 0 saturated carbocycles. The van der Waals surface area contributed by atoms with Gasteiger partial charge >= 0.3 is 0 Å². The normalized spacial score (nSPS) is 11.9. The number of carbonyl (C=O) groups is 2. The van der Waals surface area contributed by atoms with Crippen molar-refractivity contribution >= 4 is 63.2 Å². The molecule has 4 rings (SSSR count). The zero-order valence-electron chi connectivity index (χ0n) is 21.7. The molecule has 10 heteroatoms. The van der Waals surface area contributed by atoms with Crippen LogP contribution in [0.5, 0.6) is 0 Å². The summed E-state index contributed by atoms with van der Waals surface area (Å²) in [7, 11) is 0. The molecule has 7 nitrogen and oxygen atoms in total. The second kappa shape index (κ2) is 13.2. The fourth-order valence-electron chi connectivity index (χ4n) is 4.17. The van der Waals surface area contributed by atoms with E-state index in [0.29, 0.717) is 34.5 Å². The fourth-order valence-corrected chi connectivity index (χ4v) is 5.42. The molecule has 0 aliphatic rings. The molecule has 0 bridgehead atoms. The Morgan fingerprint density at radius 2 is 1.82 bits per heavy atom. The number of nitrogens with one attached hydrogen (secondary N) is 2. The Labute approximate surface area is 242 Å². The smallest absolute Gasteiger partial charge is 0.253 e. The van der Waals surface area contributed by atoms with Crippen LogP contribution in [-0.2, 0) is 11.3 Å². The maximum atomic E-state index is 13.1. The van der Waals surface area contributed by atoms with E-state index in [1.165, 1.54) is 17.8 Å². The number of thioether (sulfide) groups is 1. The molecule has 39 heavy (non-hydrogen) atoms. The van der Waals surface area contributed by atoms with E-state index >= 15 is 0 Å². The summed E-state index contributed by atoms with van der Waals surface area (Å²) in [6, 6.07) is 18.1. The predicted octanol–water partition coefficient (Wildman–Crippen LogP) is 7.17. The molecule has 3 aromatic carbocycles. The highest BCUT2D eigenvalue weighted by molar-refractivity contribution is 7.99. The molecule has 0 aliphatic carbocycles. The zero-order valence-corrected chi connectivity index (χ0v) is 24.0. The van der Waals surface area contributed by atoms with Crippen LogP contribution in [0.4, 0.5) is 5.69 Å². The lowest BCUT2D eigenvalue weighted by molar-refractivity contribution is -0.113. The third kappa shape index (κ3) is 7.41. The van der Waals surface area contributed by atoms with Crippen molar-refractivity contribution in [2.45, 2.75) is 38.0 Å². The lowest BCUT2D eigenvalue weighted by Crippen LogP contribution is -2.32. The number of nitrogens with zero attached hydrogens (tertiary/aromatic N) is 3. The van der Waals surface area contributed by atoms with E-state index in [4.69, 9.17) is 23.2 Å². The van der Waals surface area contributed by atoms with Gasteiger partial charge in [0, 0.05) is 17.3 Å². The van der Waals surface area contributed by atoms with Crippen molar-refractivity contribution in [2.24, 2.45) is 5.92 Å². The zero-order chi connectivity index (χ0) is 27.9. The van der Waals surface area contributed by atoms with Crippen molar-refractivity contribution in [1.82, 2.24) is 20.1 Å². The van der Waals surface area contributed by atoms with Gasteiger partial charge in [-0.05, 0) is 53.4 Å². The molecule has 0 spiro atoms. The van der Waals surface area contributed by atoms with Crippen LogP contribution in [0.3, 0.4) is 0 Å². The maximum absolute atomic E-state index is 13.1. The Bertz CT molecular complexity index is 1500. The lowest BCUT2D eigenvalue weighted by Gasteiger charge is -2.21. The monoisotopic (exact) mass is 581 g/mol. The van der Waals surface area contributed by atoms with Gasteiger partial charge in [-0.25, -0.2) is 0 Å². The van der Waals surface area contributed by atoms with Crippen molar-refractivity contribution in [3.63, 3.8) is 0 Å². The molecule has 0 aliphatic heterocycles. The second-order valence-corrected chi connectivity index (χ2v) is 11.2. The predicted molar refractivity (Wildman–Crippen MR) is 160 cm³/mol. The summed E-state index contributed by atoms with van der Waals surface area (Å²) < 4.78 is 1.87. The van der Waals surface area contributed by atoms with Crippen molar-refractivity contribution in [3.8, 4) is 0 Å². The van der Waals surface area contributed by atoms with Gasteiger partial charge in [-0.2, -0.15) is 0 Å². The molecular weight excluding hydrogens is 553 g/mol. The van der Waals surface area contributed by atoms with Crippen molar-refractivity contribution in [1.29, 1.82) is 0 Å². The third-order valence-corrected chi connectivity index (χ3v) is 7.44. The van der Waals surface area contributed by atoms with E-state index in [2.05, 4.69) is 41.3 Å². The van der Waals surface area contributed by atoms with E-state index in [1.807, 2.05) is 47.0 Å². The van der Waals surface area contributed by atoms with Crippen molar-refractivity contribution in [3.05, 3.63) is 94.8 Å². The van der Waals surface area contributed by atoms with Crippen LogP contribution in [0.15, 0.2) is 78.5 Å². The third-order valence-electron chi connectivity index (χ3n) is 5.92. The number of aromatic nitrogens is 3. The molecule has 2 amide bonds. The van der Waals surface area contributed by atoms with Gasteiger partial charge in [0.1, 0.15) is 0 Å². The van der Waals surface area contributed by atoms with Crippen LogP contribution in [0.25, 0.3) is 10.8 Å². The van der Waals surface area contributed by atoms with Crippen molar-refractivity contribution in [2.75, 3.05) is 11.1 Å². The largest absolute Gasteiger partial charge is 0.342 e. The van der Waals surface area contributed by atoms with E-state index in [9.17, 15) is 9.59 Å². The Hall–Kier alpha value is -3.33. The van der Waals surface area contributed by atoms with Crippen LogP contribution in [-0.4, -0.2) is 32.3 Å². The van der Waals surface area contributed by atoms with E-state index < -0.39 is 6.04 Å². The van der Waals surface area contributed by atoms with Gasteiger partial charge in [0.05, 0.1) is 22.4 Å². The fraction of sp³-hybridized carbons (Fsp3) is 0.241. The topological polar surface area (TPSA) is 88.9 Å². The quantitative estimate of drug-likeness (QED) is 0.145. The highest BCUT2D eigenvalue weighted by Gasteiger charge is 2.25. The molecule has 1 aromatic heterocycles.